The standard InChI is InChI=1S/C14H10N2O3S/c17-13-11-8-4-5-9-12(11)14(18)16(13)15-20(19)10-6-2-1-3-7-10/h1-9,15H/t20-/m0/s1. The van der Waals surface area contributed by atoms with E-state index in [0.717, 1.165) is 5.01 Å². The van der Waals surface area contributed by atoms with Gasteiger partial charge in [-0.1, -0.05) is 30.3 Å². The van der Waals surface area contributed by atoms with Gasteiger partial charge >= 0.3 is 0 Å². The van der Waals surface area contributed by atoms with Crippen LogP contribution in [0.1, 0.15) is 20.7 Å². The number of rotatable bonds is 3. The lowest BCUT2D eigenvalue weighted by Crippen LogP contribution is -2.43. The van der Waals surface area contributed by atoms with Crippen LogP contribution in [0.25, 0.3) is 0 Å². The lowest BCUT2D eigenvalue weighted by molar-refractivity contribution is 0.0622. The molecular weight excluding hydrogens is 276 g/mol. The molecule has 5 nitrogen and oxygen atoms in total. The second-order valence-corrected chi connectivity index (χ2v) is 5.36. The van der Waals surface area contributed by atoms with E-state index < -0.39 is 22.8 Å². The Balaban J connectivity index is 1.86. The molecule has 2 aromatic rings. The molecule has 0 aliphatic carbocycles. The predicted molar refractivity (Wildman–Crippen MR) is 72.9 cm³/mol. The van der Waals surface area contributed by atoms with Crippen molar-refractivity contribution in [1.82, 2.24) is 9.84 Å². The summed E-state index contributed by atoms with van der Waals surface area (Å²) in [6, 6.07) is 15.1. The third-order valence-corrected chi connectivity index (χ3v) is 3.97. The highest BCUT2D eigenvalue weighted by atomic mass is 32.2. The maximum atomic E-state index is 12.1. The Morgan fingerprint density at radius 1 is 0.800 bits per heavy atom. The van der Waals surface area contributed by atoms with Crippen LogP contribution in [0.3, 0.4) is 0 Å². The van der Waals surface area contributed by atoms with Crippen molar-refractivity contribution in [1.29, 1.82) is 0 Å². The van der Waals surface area contributed by atoms with Crippen LogP contribution in [0.5, 0.6) is 0 Å². The van der Waals surface area contributed by atoms with Crippen molar-refractivity contribution >= 4 is 22.8 Å². The summed E-state index contributed by atoms with van der Waals surface area (Å²) < 4.78 is 12.1. The van der Waals surface area contributed by atoms with Crippen LogP contribution in [-0.4, -0.2) is 21.0 Å². The van der Waals surface area contributed by atoms with E-state index in [0.29, 0.717) is 16.0 Å². The van der Waals surface area contributed by atoms with E-state index >= 15 is 0 Å². The van der Waals surface area contributed by atoms with Gasteiger partial charge in [0.05, 0.1) is 16.0 Å². The van der Waals surface area contributed by atoms with Crippen LogP contribution in [-0.2, 0) is 11.0 Å². The normalized spacial score (nSPS) is 15.3. The monoisotopic (exact) mass is 286 g/mol. The van der Waals surface area contributed by atoms with Crippen molar-refractivity contribution in [2.45, 2.75) is 4.90 Å². The minimum absolute atomic E-state index is 0.315. The second-order valence-electron chi connectivity index (χ2n) is 4.16. The maximum absolute atomic E-state index is 12.1. The van der Waals surface area contributed by atoms with Gasteiger partial charge in [-0.2, -0.15) is 5.01 Å². The van der Waals surface area contributed by atoms with E-state index in [1.54, 1.807) is 54.6 Å². The molecule has 0 fully saturated rings. The molecule has 0 bridgehead atoms. The van der Waals surface area contributed by atoms with Crippen LogP contribution in [0.2, 0.25) is 0 Å². The number of imide groups is 1. The number of amides is 2. The zero-order valence-corrected chi connectivity index (χ0v) is 11.1. The first-order chi connectivity index (χ1) is 9.68. The number of benzene rings is 2. The third kappa shape index (κ3) is 2.04. The Kier molecular flexibility index (Phi) is 3.17. The Bertz CT molecular complexity index is 680. The van der Waals surface area contributed by atoms with Gasteiger partial charge in [-0.25, -0.2) is 4.21 Å². The zero-order chi connectivity index (χ0) is 14.1. The molecule has 0 unspecified atom stereocenters. The van der Waals surface area contributed by atoms with Gasteiger partial charge in [-0.3, -0.25) is 9.59 Å². The van der Waals surface area contributed by atoms with Crippen LogP contribution in [0.15, 0.2) is 59.5 Å². The maximum Gasteiger partial charge on any atom is 0.276 e. The highest BCUT2D eigenvalue weighted by Gasteiger charge is 2.36. The Morgan fingerprint density at radius 2 is 1.30 bits per heavy atom. The summed E-state index contributed by atoms with van der Waals surface area (Å²) in [5, 5.41) is 0.799. The molecule has 20 heavy (non-hydrogen) atoms. The van der Waals surface area contributed by atoms with Gasteiger partial charge in [0.25, 0.3) is 11.8 Å². The summed E-state index contributed by atoms with van der Waals surface area (Å²) in [6.07, 6.45) is 0. The SMILES string of the molecule is O=C1c2ccccc2C(=O)N1N[S@@](=O)c1ccccc1. The highest BCUT2D eigenvalue weighted by Crippen LogP contribution is 2.21. The van der Waals surface area contributed by atoms with E-state index in [2.05, 4.69) is 4.83 Å². The fourth-order valence-electron chi connectivity index (χ4n) is 1.95. The van der Waals surface area contributed by atoms with Gasteiger partial charge in [0.15, 0.2) is 0 Å². The van der Waals surface area contributed by atoms with Crippen molar-refractivity contribution in [2.75, 3.05) is 0 Å². The van der Waals surface area contributed by atoms with Crippen molar-refractivity contribution < 1.29 is 13.8 Å². The van der Waals surface area contributed by atoms with Crippen molar-refractivity contribution in [3.63, 3.8) is 0 Å². The molecule has 6 heteroatoms. The molecule has 1 atom stereocenters. The largest absolute Gasteiger partial charge is 0.276 e. The van der Waals surface area contributed by atoms with Gasteiger partial charge in [-0.05, 0) is 24.3 Å². The molecule has 100 valence electrons. The van der Waals surface area contributed by atoms with Gasteiger partial charge in [0, 0.05) is 0 Å². The minimum atomic E-state index is -1.67. The lowest BCUT2D eigenvalue weighted by Gasteiger charge is -2.14. The minimum Gasteiger partial charge on any atom is -0.267 e. The predicted octanol–water partition coefficient (Wildman–Crippen LogP) is 1.51. The highest BCUT2D eigenvalue weighted by molar-refractivity contribution is 7.83. The molecule has 1 aliphatic heterocycles. The van der Waals surface area contributed by atoms with Crippen molar-refractivity contribution in [2.24, 2.45) is 0 Å². The van der Waals surface area contributed by atoms with Gasteiger partial charge in [-0.15, -0.1) is 4.83 Å². The summed E-state index contributed by atoms with van der Waals surface area (Å²) in [7, 11) is -1.67. The zero-order valence-electron chi connectivity index (χ0n) is 10.3. The molecular formula is C14H10N2O3S. The fourth-order valence-corrected chi connectivity index (χ4v) is 2.79. The molecule has 2 aromatic carbocycles. The topological polar surface area (TPSA) is 66.5 Å². The van der Waals surface area contributed by atoms with Crippen LogP contribution in [0, 0.1) is 0 Å². The molecule has 0 spiro atoms. The number of hydrogen-bond donors (Lipinski definition) is 1. The fraction of sp³-hybridized carbons (Fsp3) is 0. The molecule has 0 radical (unpaired) electrons. The quantitative estimate of drug-likeness (QED) is 0.870. The van der Waals surface area contributed by atoms with Crippen LogP contribution in [0.4, 0.5) is 0 Å². The van der Waals surface area contributed by atoms with Gasteiger partial charge in [0.1, 0.15) is 11.0 Å². The molecule has 0 saturated carbocycles. The number of nitrogens with one attached hydrogen (secondary N) is 1. The summed E-state index contributed by atoms with van der Waals surface area (Å²) in [6.45, 7) is 0. The summed E-state index contributed by atoms with van der Waals surface area (Å²) >= 11 is 0. The molecule has 0 aromatic heterocycles. The summed E-state index contributed by atoms with van der Waals surface area (Å²) in [5.74, 6) is -0.982. The Morgan fingerprint density at radius 3 is 1.85 bits per heavy atom. The van der Waals surface area contributed by atoms with Crippen LogP contribution < -0.4 is 4.83 Å². The average molecular weight is 286 g/mol. The van der Waals surface area contributed by atoms with E-state index in [1.165, 1.54) is 0 Å². The van der Waals surface area contributed by atoms with E-state index in [4.69, 9.17) is 0 Å². The molecule has 1 N–H and O–H groups in total. The molecule has 2 amide bonds. The third-order valence-electron chi connectivity index (χ3n) is 2.93. The number of carbonyl (C=O) groups is 2. The van der Waals surface area contributed by atoms with E-state index in [9.17, 15) is 13.8 Å². The first-order valence-corrected chi connectivity index (χ1v) is 7.04. The first kappa shape index (κ1) is 12.7. The lowest BCUT2D eigenvalue weighted by atomic mass is 10.1. The summed E-state index contributed by atoms with van der Waals surface area (Å²) in [5.41, 5.74) is 0.630. The molecule has 1 heterocycles. The first-order valence-electron chi connectivity index (χ1n) is 5.89. The molecule has 1 aliphatic rings. The average Bonchev–Trinajstić information content (AvgIpc) is 2.74. The molecule has 0 saturated heterocycles. The number of hydrogen-bond acceptors (Lipinski definition) is 3. The van der Waals surface area contributed by atoms with E-state index in [1.807, 2.05) is 0 Å². The number of carbonyl (C=O) groups excluding carboxylic acids is 2. The number of hydrazine groups is 1. The number of fused-ring (bicyclic) bond motifs is 1. The Hall–Kier alpha value is -2.31. The van der Waals surface area contributed by atoms with Crippen molar-refractivity contribution in [3.05, 3.63) is 65.7 Å². The van der Waals surface area contributed by atoms with Gasteiger partial charge < -0.3 is 0 Å². The van der Waals surface area contributed by atoms with Gasteiger partial charge in [0.2, 0.25) is 0 Å². The van der Waals surface area contributed by atoms with E-state index in [-0.39, 0.29) is 0 Å². The second kappa shape index (κ2) is 4.99. The number of nitrogens with zero attached hydrogens (tertiary/aromatic N) is 1. The summed E-state index contributed by atoms with van der Waals surface area (Å²) in [4.78, 5) is 27.1. The Labute approximate surface area is 117 Å². The van der Waals surface area contributed by atoms with Crippen molar-refractivity contribution in [3.8, 4) is 0 Å². The molecule has 3 rings (SSSR count). The van der Waals surface area contributed by atoms with Crippen LogP contribution >= 0.6 is 0 Å². The smallest absolute Gasteiger partial charge is 0.267 e.